The molecule has 2 aromatic heterocycles. The van der Waals surface area contributed by atoms with E-state index in [1.165, 1.54) is 49.3 Å². The van der Waals surface area contributed by atoms with Gasteiger partial charge in [0, 0.05) is 50.8 Å². The maximum absolute atomic E-state index is 9.21. The lowest BCUT2D eigenvalue weighted by Gasteiger charge is -2.13. The van der Waals surface area contributed by atoms with Gasteiger partial charge in [0.05, 0.1) is 28.6 Å². The predicted molar refractivity (Wildman–Crippen MR) is 261 cm³/mol. The number of para-hydroxylation sites is 3. The fourth-order valence-corrected chi connectivity index (χ4v) is 9.02. The summed E-state index contributed by atoms with van der Waals surface area (Å²) in [6.07, 6.45) is 0.424. The van der Waals surface area contributed by atoms with Crippen LogP contribution in [0.1, 0.15) is 23.1 Å². The van der Waals surface area contributed by atoms with Gasteiger partial charge in [-0.1, -0.05) is 164 Å². The molecule has 0 aliphatic heterocycles. The topological polar surface area (TPSA) is 46.1 Å². The molecule has 0 spiro atoms. The fourth-order valence-electron chi connectivity index (χ4n) is 9.02. The van der Waals surface area contributed by atoms with E-state index in [1.54, 1.807) is 0 Å². The van der Waals surface area contributed by atoms with E-state index >= 15 is 0 Å². The van der Waals surface area contributed by atoms with Gasteiger partial charge in [-0.3, -0.25) is 4.99 Å². The van der Waals surface area contributed by atoms with E-state index in [2.05, 4.69) is 221 Å². The van der Waals surface area contributed by atoms with Crippen LogP contribution < -0.4 is 0 Å². The third kappa shape index (κ3) is 6.78. The Morgan fingerprint density at radius 2 is 0.806 bits per heavy atom. The van der Waals surface area contributed by atoms with Crippen molar-refractivity contribution in [1.29, 1.82) is 5.41 Å². The summed E-state index contributed by atoms with van der Waals surface area (Å²) >= 11 is 0. The summed E-state index contributed by atoms with van der Waals surface area (Å²) < 4.78 is 4.73. The van der Waals surface area contributed by atoms with Crippen molar-refractivity contribution < 1.29 is 0 Å². The maximum atomic E-state index is 9.21. The molecular weight excluding hydrogens is 753 g/mol. The molecule has 0 aliphatic carbocycles. The molecule has 0 unspecified atom stereocenters. The van der Waals surface area contributed by atoms with Gasteiger partial charge < -0.3 is 14.5 Å². The number of nitrogens with zero attached hydrogens (tertiary/aromatic N) is 3. The lowest BCUT2D eigenvalue weighted by Crippen LogP contribution is -2.11. The molecule has 11 rings (SSSR count). The highest BCUT2D eigenvalue weighted by Crippen LogP contribution is 2.38. The van der Waals surface area contributed by atoms with Crippen molar-refractivity contribution in [2.75, 3.05) is 0 Å². The molecule has 294 valence electrons. The molecule has 0 atom stereocenters. The second kappa shape index (κ2) is 15.8. The van der Waals surface area contributed by atoms with E-state index in [0.717, 1.165) is 50.4 Å². The summed E-state index contributed by atoms with van der Waals surface area (Å²) in [5, 5.41) is 14.1. The summed E-state index contributed by atoms with van der Waals surface area (Å²) in [7, 11) is 0. The Labute approximate surface area is 360 Å². The minimum absolute atomic E-state index is 0.424. The van der Waals surface area contributed by atoms with Gasteiger partial charge in [-0.15, -0.1) is 0 Å². The summed E-state index contributed by atoms with van der Waals surface area (Å²) in [6, 6.07) is 79.5. The third-order valence-corrected chi connectivity index (χ3v) is 12.1. The number of rotatable bonds is 10. The van der Waals surface area contributed by atoms with E-state index in [4.69, 9.17) is 4.99 Å². The number of hydrogen-bond acceptors (Lipinski definition) is 2. The van der Waals surface area contributed by atoms with Crippen LogP contribution >= 0.6 is 0 Å². The van der Waals surface area contributed by atoms with E-state index < -0.39 is 0 Å². The summed E-state index contributed by atoms with van der Waals surface area (Å²) in [5.74, 6) is 0. The Morgan fingerprint density at radius 1 is 0.371 bits per heavy atom. The Morgan fingerprint density at radius 3 is 1.39 bits per heavy atom. The first-order valence-electron chi connectivity index (χ1n) is 21.2. The van der Waals surface area contributed by atoms with Crippen molar-refractivity contribution in [3.8, 4) is 33.6 Å². The summed E-state index contributed by atoms with van der Waals surface area (Å²) in [4.78, 5) is 5.15. The zero-order valence-electron chi connectivity index (χ0n) is 34.1. The zero-order chi connectivity index (χ0) is 41.4. The minimum atomic E-state index is 0.424. The lowest BCUT2D eigenvalue weighted by atomic mass is 9.97. The van der Waals surface area contributed by atoms with Crippen molar-refractivity contribution in [3.63, 3.8) is 0 Å². The fraction of sp³-hybridized carbons (Fsp3) is 0.0345. The number of nitrogens with one attached hydrogen (secondary N) is 1. The average molecular weight is 795 g/mol. The first kappa shape index (κ1) is 37.0. The molecule has 0 amide bonds. The van der Waals surface area contributed by atoms with Gasteiger partial charge in [-0.05, 0) is 99.6 Å². The van der Waals surface area contributed by atoms with Gasteiger partial charge in [0.2, 0.25) is 0 Å². The lowest BCUT2D eigenvalue weighted by molar-refractivity contribution is 1.06. The van der Waals surface area contributed by atoms with Crippen molar-refractivity contribution in [2.45, 2.75) is 13.0 Å². The van der Waals surface area contributed by atoms with Gasteiger partial charge in [-0.25, -0.2) is 0 Å². The summed E-state index contributed by atoms with van der Waals surface area (Å²) in [6.45, 7) is 0.551. The molecule has 0 aliphatic rings. The molecule has 11 aromatic rings. The quantitative estimate of drug-likeness (QED) is 0.134. The highest BCUT2D eigenvalue weighted by molar-refractivity contribution is 6.17. The van der Waals surface area contributed by atoms with Crippen LogP contribution in [0.5, 0.6) is 0 Å². The Balaban J connectivity index is 0.941. The number of fused-ring (bicyclic) bond motifs is 6. The van der Waals surface area contributed by atoms with Crippen LogP contribution in [0.25, 0.3) is 77.2 Å². The van der Waals surface area contributed by atoms with Crippen LogP contribution in [0.3, 0.4) is 0 Å². The SMILES string of the molecule is N=C(CC(=NCc1ccccc1)c1ccc(-n2c3ccccc3c3cc(-c4ccc5c(c4)c4ccccc4n5-c4ccccc4)ccc32)cc1)c1ccc(-c2ccccc2)cc1. The number of aliphatic imine (C=N–C) groups is 1. The Kier molecular flexibility index (Phi) is 9.44. The first-order valence-corrected chi connectivity index (χ1v) is 21.2. The largest absolute Gasteiger partial charge is 0.309 e. The van der Waals surface area contributed by atoms with E-state index in [0.29, 0.717) is 18.7 Å². The predicted octanol–water partition coefficient (Wildman–Crippen LogP) is 14.7. The standard InChI is InChI=1S/C58H42N4/c59-53(43-26-24-42(25-27-43)41-16-6-2-7-17-41)38-54(60-39-40-14-4-1-5-15-40)44-28-32-48(33-29-44)62-56-23-13-11-21-50(56)52-37-46(31-35-58(52)62)45-30-34-57-51(36-45)49-20-10-12-22-55(49)61(57)47-18-8-3-9-19-47/h1-37,59H,38-39H2. The zero-order valence-corrected chi connectivity index (χ0v) is 34.1. The molecule has 4 nitrogen and oxygen atoms in total. The van der Waals surface area contributed by atoms with Gasteiger partial charge in [-0.2, -0.15) is 0 Å². The van der Waals surface area contributed by atoms with Crippen molar-refractivity contribution in [2.24, 2.45) is 4.99 Å². The number of hydrogen-bond donors (Lipinski definition) is 1. The third-order valence-electron chi connectivity index (χ3n) is 12.1. The second-order valence-electron chi connectivity index (χ2n) is 15.9. The van der Waals surface area contributed by atoms with E-state index in [-0.39, 0.29) is 0 Å². The first-order chi connectivity index (χ1) is 30.7. The maximum Gasteiger partial charge on any atom is 0.0643 e. The van der Waals surface area contributed by atoms with Crippen molar-refractivity contribution in [1.82, 2.24) is 9.13 Å². The van der Waals surface area contributed by atoms with Crippen LogP contribution in [-0.4, -0.2) is 20.6 Å². The molecule has 9 aromatic carbocycles. The van der Waals surface area contributed by atoms with Gasteiger partial charge in [0.15, 0.2) is 0 Å². The average Bonchev–Trinajstić information content (AvgIpc) is 3.86. The van der Waals surface area contributed by atoms with Crippen LogP contribution in [-0.2, 0) is 6.54 Å². The minimum Gasteiger partial charge on any atom is -0.309 e. The van der Waals surface area contributed by atoms with Gasteiger partial charge >= 0.3 is 0 Å². The Bertz CT molecular complexity index is 3430. The molecule has 0 radical (unpaired) electrons. The molecule has 2 heterocycles. The van der Waals surface area contributed by atoms with Gasteiger partial charge in [0.25, 0.3) is 0 Å². The van der Waals surface area contributed by atoms with Crippen LogP contribution in [0.15, 0.2) is 229 Å². The van der Waals surface area contributed by atoms with Crippen molar-refractivity contribution in [3.05, 3.63) is 241 Å². The smallest absolute Gasteiger partial charge is 0.0643 e. The normalized spacial score (nSPS) is 11.8. The second-order valence-corrected chi connectivity index (χ2v) is 15.9. The number of aromatic nitrogens is 2. The Hall–Kier alpha value is -8.08. The highest BCUT2D eigenvalue weighted by atomic mass is 15.0. The molecule has 4 heteroatoms. The number of benzene rings is 9. The molecule has 1 N–H and O–H groups in total. The molecule has 0 fully saturated rings. The highest BCUT2D eigenvalue weighted by Gasteiger charge is 2.17. The summed E-state index contributed by atoms with van der Waals surface area (Å²) in [5.41, 5.74) is 16.1. The van der Waals surface area contributed by atoms with Crippen LogP contribution in [0.2, 0.25) is 0 Å². The van der Waals surface area contributed by atoms with Crippen molar-refractivity contribution >= 4 is 55.0 Å². The molecular formula is C58H42N4. The molecule has 0 saturated carbocycles. The van der Waals surface area contributed by atoms with Crippen LogP contribution in [0.4, 0.5) is 0 Å². The molecule has 0 saturated heterocycles. The molecule has 62 heavy (non-hydrogen) atoms. The molecule has 0 bridgehead atoms. The van der Waals surface area contributed by atoms with Crippen LogP contribution in [0, 0.1) is 5.41 Å². The van der Waals surface area contributed by atoms with E-state index in [1.807, 2.05) is 12.1 Å². The monoisotopic (exact) mass is 794 g/mol. The van der Waals surface area contributed by atoms with Gasteiger partial charge in [0.1, 0.15) is 0 Å². The van der Waals surface area contributed by atoms with E-state index in [9.17, 15) is 5.41 Å².